The third-order valence-electron chi connectivity index (χ3n) is 5.41. The van der Waals surface area contributed by atoms with Gasteiger partial charge in [0.25, 0.3) is 0 Å². The van der Waals surface area contributed by atoms with Crippen molar-refractivity contribution in [3.63, 3.8) is 0 Å². The number of carbonyl (C=O) groups excluding carboxylic acids is 3. The molecule has 0 bridgehead atoms. The first-order chi connectivity index (χ1) is 16.8. The van der Waals surface area contributed by atoms with Crippen LogP contribution in [0.3, 0.4) is 0 Å². The van der Waals surface area contributed by atoms with Crippen LogP contribution in [0.5, 0.6) is 5.75 Å². The lowest BCUT2D eigenvalue weighted by molar-refractivity contribution is -0.152. The van der Waals surface area contributed by atoms with Gasteiger partial charge in [0, 0.05) is 12.5 Å². The molecule has 1 unspecified atom stereocenters. The Hall–Kier alpha value is -3.17. The minimum Gasteiger partial charge on any atom is -0.497 e. The quantitative estimate of drug-likeness (QED) is 0.562. The second kappa shape index (κ2) is 10.8. The van der Waals surface area contributed by atoms with Gasteiger partial charge in [0.05, 0.1) is 24.5 Å². The molecule has 1 amide bonds. The first-order valence-corrected chi connectivity index (χ1v) is 11.9. The second-order valence-corrected chi connectivity index (χ2v) is 10.3. The maximum Gasteiger partial charge on any atom is 0.412 e. The third-order valence-corrected chi connectivity index (χ3v) is 5.41. The molecule has 196 valence electrons. The molecule has 0 saturated carbocycles. The normalized spacial score (nSPS) is 25.1. The lowest BCUT2D eigenvalue weighted by Crippen LogP contribution is -2.30. The van der Waals surface area contributed by atoms with Crippen LogP contribution in [-0.2, 0) is 23.7 Å². The summed E-state index contributed by atoms with van der Waals surface area (Å²) >= 11 is 0. The molecule has 0 spiro atoms. The summed E-state index contributed by atoms with van der Waals surface area (Å²) in [7, 11) is 1.49. The molecule has 3 rings (SSSR count). The van der Waals surface area contributed by atoms with Gasteiger partial charge in [0.15, 0.2) is 11.6 Å². The average molecular weight is 502 g/mol. The van der Waals surface area contributed by atoms with Crippen molar-refractivity contribution in [2.24, 2.45) is 0 Å². The van der Waals surface area contributed by atoms with Crippen molar-refractivity contribution in [2.75, 3.05) is 12.4 Å². The standard InChI is InChI=1S/C27H35NO8/c1-16-10-8-12-20(29)23-21(34-27(5,6)35-23)13-9-11-17-14-18(32-7)15-19(22(17)24(30)33-16)28-25(31)36-26(2,3)4/h8-9,11-12,14-16,21,23H,10,13H2,1-7H3,(H,28,31)/b11-9?,12-8-/t16-,21-,23?/m0/s1. The summed E-state index contributed by atoms with van der Waals surface area (Å²) < 4.78 is 28.2. The fraction of sp³-hybridized carbons (Fsp3) is 0.519. The molecule has 3 atom stereocenters. The van der Waals surface area contributed by atoms with Gasteiger partial charge in [-0.3, -0.25) is 10.1 Å². The molecule has 1 N–H and O–H groups in total. The Labute approximate surface area is 211 Å². The molecular formula is C27H35NO8. The number of anilines is 1. The minimum atomic E-state index is -0.904. The average Bonchev–Trinajstić information content (AvgIpc) is 3.05. The van der Waals surface area contributed by atoms with E-state index in [1.54, 1.807) is 65.8 Å². The maximum absolute atomic E-state index is 13.3. The Kier molecular flexibility index (Phi) is 8.26. The van der Waals surface area contributed by atoms with E-state index in [1.807, 2.05) is 0 Å². The highest BCUT2D eigenvalue weighted by molar-refractivity contribution is 6.03. The summed E-state index contributed by atoms with van der Waals surface area (Å²) in [4.78, 5) is 38.6. The van der Waals surface area contributed by atoms with E-state index in [4.69, 9.17) is 23.7 Å². The number of methoxy groups -OCH3 is 1. The molecule has 1 aromatic rings. The first kappa shape index (κ1) is 27.4. The van der Waals surface area contributed by atoms with Crippen LogP contribution >= 0.6 is 0 Å². The molecule has 0 aliphatic carbocycles. The van der Waals surface area contributed by atoms with Gasteiger partial charge in [-0.05, 0) is 65.7 Å². The number of hydrogen-bond donors (Lipinski definition) is 1. The fourth-order valence-corrected chi connectivity index (χ4v) is 3.96. The van der Waals surface area contributed by atoms with Crippen LogP contribution in [0.25, 0.3) is 6.08 Å². The summed E-state index contributed by atoms with van der Waals surface area (Å²) in [5.41, 5.74) is 0.0813. The second-order valence-electron chi connectivity index (χ2n) is 10.3. The molecule has 36 heavy (non-hydrogen) atoms. The number of esters is 1. The molecule has 2 aliphatic rings. The van der Waals surface area contributed by atoms with E-state index < -0.39 is 41.8 Å². The number of ketones is 1. The number of fused-ring (bicyclic) bond motifs is 2. The van der Waals surface area contributed by atoms with Gasteiger partial charge in [-0.15, -0.1) is 0 Å². The zero-order valence-electron chi connectivity index (χ0n) is 21.9. The van der Waals surface area contributed by atoms with Gasteiger partial charge in [-0.2, -0.15) is 0 Å². The Balaban J connectivity index is 2.04. The van der Waals surface area contributed by atoms with E-state index in [0.717, 1.165) is 0 Å². The first-order valence-electron chi connectivity index (χ1n) is 11.9. The van der Waals surface area contributed by atoms with E-state index in [0.29, 0.717) is 24.2 Å². The number of hydrogen-bond acceptors (Lipinski definition) is 8. The van der Waals surface area contributed by atoms with Gasteiger partial charge in [-0.25, -0.2) is 9.59 Å². The highest BCUT2D eigenvalue weighted by atomic mass is 16.8. The van der Waals surface area contributed by atoms with Crippen LogP contribution in [0, 0.1) is 0 Å². The van der Waals surface area contributed by atoms with Crippen molar-refractivity contribution in [1.82, 2.24) is 0 Å². The van der Waals surface area contributed by atoms with Crippen LogP contribution in [0.2, 0.25) is 0 Å². The monoisotopic (exact) mass is 501 g/mol. The molecule has 0 radical (unpaired) electrons. The summed E-state index contributed by atoms with van der Waals surface area (Å²) in [6.45, 7) is 10.5. The van der Waals surface area contributed by atoms with Crippen molar-refractivity contribution >= 4 is 29.6 Å². The maximum atomic E-state index is 13.3. The highest BCUT2D eigenvalue weighted by Gasteiger charge is 2.43. The minimum absolute atomic E-state index is 0.155. The summed E-state index contributed by atoms with van der Waals surface area (Å²) in [5.74, 6) is -1.32. The number of nitrogens with one attached hydrogen (secondary N) is 1. The molecule has 2 aliphatic heterocycles. The Bertz CT molecular complexity index is 1070. The molecule has 0 aromatic heterocycles. The number of amides is 1. The predicted molar refractivity (Wildman–Crippen MR) is 134 cm³/mol. The number of ether oxygens (including phenoxy) is 5. The van der Waals surface area contributed by atoms with Gasteiger partial charge in [0.1, 0.15) is 23.6 Å². The van der Waals surface area contributed by atoms with Crippen LogP contribution in [0.1, 0.15) is 70.3 Å². The Morgan fingerprint density at radius 3 is 2.44 bits per heavy atom. The summed E-state index contributed by atoms with van der Waals surface area (Å²) in [6, 6.07) is 3.21. The SMILES string of the molecule is COc1cc2c(c(NC(=O)OC(C)(C)C)c1)C(=O)O[C@@H](C)C/C=C\C(=O)C1OC(C)(C)O[C@H]1CC=C2. The molecule has 9 nitrogen and oxygen atoms in total. The zero-order chi connectivity index (χ0) is 26.7. The number of cyclic esters (lactones) is 1. The fourth-order valence-electron chi connectivity index (χ4n) is 3.96. The summed E-state index contributed by atoms with van der Waals surface area (Å²) in [6.07, 6.45) is 4.75. The zero-order valence-corrected chi connectivity index (χ0v) is 21.9. The molecule has 1 fully saturated rings. The van der Waals surface area contributed by atoms with Gasteiger partial charge in [0.2, 0.25) is 0 Å². The van der Waals surface area contributed by atoms with E-state index in [-0.39, 0.29) is 17.0 Å². The lowest BCUT2D eigenvalue weighted by atomic mass is 10.0. The molecule has 9 heteroatoms. The van der Waals surface area contributed by atoms with Gasteiger partial charge in [-0.1, -0.05) is 18.2 Å². The lowest BCUT2D eigenvalue weighted by Gasteiger charge is -2.22. The van der Waals surface area contributed by atoms with Crippen molar-refractivity contribution in [3.8, 4) is 5.75 Å². The van der Waals surface area contributed by atoms with Crippen molar-refractivity contribution in [2.45, 2.75) is 84.1 Å². The van der Waals surface area contributed by atoms with E-state index >= 15 is 0 Å². The van der Waals surface area contributed by atoms with Crippen LogP contribution in [-0.4, -0.2) is 54.7 Å². The smallest absolute Gasteiger partial charge is 0.412 e. The van der Waals surface area contributed by atoms with Crippen molar-refractivity contribution in [1.29, 1.82) is 0 Å². The van der Waals surface area contributed by atoms with E-state index in [9.17, 15) is 14.4 Å². The predicted octanol–water partition coefficient (Wildman–Crippen LogP) is 5.04. The number of benzene rings is 1. The molecule has 1 aromatic carbocycles. The van der Waals surface area contributed by atoms with Crippen molar-refractivity contribution < 1.29 is 38.1 Å². The number of carbonyl (C=O) groups is 3. The highest BCUT2D eigenvalue weighted by Crippen LogP contribution is 2.33. The van der Waals surface area contributed by atoms with Gasteiger partial charge >= 0.3 is 12.1 Å². The van der Waals surface area contributed by atoms with Crippen LogP contribution in [0.15, 0.2) is 30.4 Å². The Morgan fingerprint density at radius 1 is 1.08 bits per heavy atom. The topological polar surface area (TPSA) is 109 Å². The van der Waals surface area contributed by atoms with Gasteiger partial charge < -0.3 is 23.7 Å². The van der Waals surface area contributed by atoms with E-state index in [2.05, 4.69) is 5.32 Å². The van der Waals surface area contributed by atoms with Crippen LogP contribution < -0.4 is 10.1 Å². The largest absolute Gasteiger partial charge is 0.497 e. The Morgan fingerprint density at radius 2 is 1.78 bits per heavy atom. The van der Waals surface area contributed by atoms with Crippen LogP contribution in [0.4, 0.5) is 10.5 Å². The molecule has 2 heterocycles. The van der Waals surface area contributed by atoms with Crippen molar-refractivity contribution in [3.05, 3.63) is 41.5 Å². The van der Waals surface area contributed by atoms with E-state index in [1.165, 1.54) is 19.3 Å². The number of rotatable bonds is 2. The summed E-state index contributed by atoms with van der Waals surface area (Å²) in [5, 5.41) is 2.66. The molecule has 1 saturated heterocycles. The molecular weight excluding hydrogens is 466 g/mol. The third kappa shape index (κ3) is 7.18.